The average Bonchev–Trinajstić information content (AvgIpc) is 2.46. The van der Waals surface area contributed by atoms with Crippen LogP contribution in [-0.2, 0) is 6.42 Å². The lowest BCUT2D eigenvalue weighted by Gasteiger charge is -2.16. The van der Waals surface area contributed by atoms with Crippen LogP contribution in [0.3, 0.4) is 0 Å². The van der Waals surface area contributed by atoms with Crippen molar-refractivity contribution in [2.45, 2.75) is 19.4 Å². The lowest BCUT2D eigenvalue weighted by atomic mass is 10.0. The third-order valence-electron chi connectivity index (χ3n) is 3.06. The van der Waals surface area contributed by atoms with E-state index in [1.807, 2.05) is 18.2 Å². The third kappa shape index (κ3) is 2.88. The summed E-state index contributed by atoms with van der Waals surface area (Å²) in [7, 11) is 1.53. The van der Waals surface area contributed by atoms with Crippen LogP contribution in [-0.4, -0.2) is 17.2 Å². The Labute approximate surface area is 117 Å². The number of halogens is 1. The van der Waals surface area contributed by atoms with Gasteiger partial charge in [0.25, 0.3) is 0 Å². The number of aliphatic hydroxyl groups excluding tert-OH is 1. The number of methoxy groups -OCH3 is 1. The molecule has 1 unspecified atom stereocenters. The van der Waals surface area contributed by atoms with Crippen LogP contribution in [0, 0.1) is 0 Å². The highest BCUT2D eigenvalue weighted by atomic mass is 35.5. The second kappa shape index (κ2) is 6.04. The van der Waals surface area contributed by atoms with Crippen molar-refractivity contribution in [2.75, 3.05) is 7.11 Å². The fourth-order valence-corrected chi connectivity index (χ4v) is 2.27. The van der Waals surface area contributed by atoms with Crippen molar-refractivity contribution in [1.82, 2.24) is 4.98 Å². The number of rotatable bonds is 4. The molecule has 1 atom stereocenters. The van der Waals surface area contributed by atoms with E-state index in [2.05, 4.69) is 11.9 Å². The summed E-state index contributed by atoms with van der Waals surface area (Å²) in [4.78, 5) is 4.08. The van der Waals surface area contributed by atoms with Crippen molar-refractivity contribution in [1.29, 1.82) is 0 Å². The summed E-state index contributed by atoms with van der Waals surface area (Å²) in [6, 6.07) is 9.23. The minimum atomic E-state index is -0.845. The molecule has 1 heterocycles. The summed E-state index contributed by atoms with van der Waals surface area (Å²) in [5.74, 6) is 0.408. The van der Waals surface area contributed by atoms with Gasteiger partial charge in [-0.15, -0.1) is 0 Å². The lowest BCUT2D eigenvalue weighted by Crippen LogP contribution is -2.04. The van der Waals surface area contributed by atoms with Crippen LogP contribution in [0.15, 0.2) is 36.5 Å². The summed E-state index contributed by atoms with van der Waals surface area (Å²) in [5, 5.41) is 11.0. The number of benzene rings is 1. The zero-order valence-corrected chi connectivity index (χ0v) is 11.7. The standard InChI is InChI=1S/C15H16ClNO2/c1-3-10-6-7-11(13(16)9-10)14(18)12-5-4-8-17-15(12)19-2/h4-9,14,18H,3H2,1-2H3. The predicted molar refractivity (Wildman–Crippen MR) is 75.7 cm³/mol. The van der Waals surface area contributed by atoms with Gasteiger partial charge in [0, 0.05) is 22.3 Å². The van der Waals surface area contributed by atoms with E-state index in [1.165, 1.54) is 7.11 Å². The van der Waals surface area contributed by atoms with Crippen molar-refractivity contribution in [2.24, 2.45) is 0 Å². The highest BCUT2D eigenvalue weighted by Gasteiger charge is 2.18. The van der Waals surface area contributed by atoms with Crippen molar-refractivity contribution in [3.63, 3.8) is 0 Å². The van der Waals surface area contributed by atoms with Gasteiger partial charge < -0.3 is 9.84 Å². The van der Waals surface area contributed by atoms with E-state index in [-0.39, 0.29) is 0 Å². The Morgan fingerprint density at radius 2 is 2.11 bits per heavy atom. The molecule has 1 N–H and O–H groups in total. The number of aryl methyl sites for hydroxylation is 1. The van der Waals surface area contributed by atoms with Crippen molar-refractivity contribution >= 4 is 11.6 Å². The van der Waals surface area contributed by atoms with E-state index < -0.39 is 6.10 Å². The molecular formula is C15H16ClNO2. The van der Waals surface area contributed by atoms with Crippen molar-refractivity contribution < 1.29 is 9.84 Å². The quantitative estimate of drug-likeness (QED) is 0.931. The molecule has 0 spiro atoms. The van der Waals surface area contributed by atoms with Crippen molar-refractivity contribution in [3.05, 3.63) is 58.2 Å². The molecule has 0 radical (unpaired) electrons. The Hall–Kier alpha value is -1.58. The largest absolute Gasteiger partial charge is 0.481 e. The van der Waals surface area contributed by atoms with Crippen LogP contribution in [0.4, 0.5) is 0 Å². The predicted octanol–water partition coefficient (Wildman–Crippen LogP) is 3.39. The van der Waals surface area contributed by atoms with E-state index in [1.54, 1.807) is 18.3 Å². The van der Waals surface area contributed by atoms with E-state index in [0.29, 0.717) is 22.0 Å². The monoisotopic (exact) mass is 277 g/mol. The fourth-order valence-electron chi connectivity index (χ4n) is 1.96. The number of hydrogen-bond donors (Lipinski definition) is 1. The Bertz CT molecular complexity index is 572. The molecule has 100 valence electrons. The van der Waals surface area contributed by atoms with E-state index in [0.717, 1.165) is 12.0 Å². The first-order valence-electron chi connectivity index (χ1n) is 6.12. The molecule has 0 saturated heterocycles. The Morgan fingerprint density at radius 3 is 2.74 bits per heavy atom. The van der Waals surface area contributed by atoms with Gasteiger partial charge in [0.1, 0.15) is 6.10 Å². The zero-order chi connectivity index (χ0) is 13.8. The van der Waals surface area contributed by atoms with Gasteiger partial charge in [-0.1, -0.05) is 30.7 Å². The molecular weight excluding hydrogens is 262 g/mol. The second-order valence-corrected chi connectivity index (χ2v) is 4.62. The number of pyridine rings is 1. The Balaban J connectivity index is 2.41. The van der Waals surface area contributed by atoms with Gasteiger partial charge in [-0.05, 0) is 30.2 Å². The van der Waals surface area contributed by atoms with Gasteiger partial charge in [0.05, 0.1) is 7.11 Å². The molecule has 2 aromatic rings. The normalized spacial score (nSPS) is 12.2. The van der Waals surface area contributed by atoms with Gasteiger partial charge in [-0.3, -0.25) is 0 Å². The number of ether oxygens (including phenoxy) is 1. The summed E-state index contributed by atoms with van der Waals surface area (Å²) in [6.07, 6.45) is 1.69. The molecule has 4 heteroatoms. The minimum absolute atomic E-state index is 0.408. The van der Waals surface area contributed by atoms with Gasteiger partial charge in [0.15, 0.2) is 0 Å². The van der Waals surface area contributed by atoms with E-state index in [9.17, 15) is 5.11 Å². The lowest BCUT2D eigenvalue weighted by molar-refractivity contribution is 0.213. The zero-order valence-electron chi connectivity index (χ0n) is 10.9. The number of hydrogen-bond acceptors (Lipinski definition) is 3. The summed E-state index contributed by atoms with van der Waals surface area (Å²) in [6.45, 7) is 2.06. The third-order valence-corrected chi connectivity index (χ3v) is 3.38. The van der Waals surface area contributed by atoms with Crippen LogP contribution in [0.25, 0.3) is 0 Å². The van der Waals surface area contributed by atoms with Gasteiger partial charge in [0.2, 0.25) is 5.88 Å². The fraction of sp³-hybridized carbons (Fsp3) is 0.267. The van der Waals surface area contributed by atoms with Crippen molar-refractivity contribution in [3.8, 4) is 5.88 Å². The highest BCUT2D eigenvalue weighted by Crippen LogP contribution is 2.32. The first-order chi connectivity index (χ1) is 9.17. The van der Waals surface area contributed by atoms with Gasteiger partial charge in [-0.2, -0.15) is 0 Å². The minimum Gasteiger partial charge on any atom is -0.481 e. The molecule has 0 bridgehead atoms. The number of aliphatic hydroxyl groups is 1. The molecule has 3 nitrogen and oxygen atoms in total. The summed E-state index contributed by atoms with van der Waals surface area (Å²) >= 11 is 6.23. The first-order valence-corrected chi connectivity index (χ1v) is 6.50. The van der Waals surface area contributed by atoms with Crippen LogP contribution in [0.1, 0.15) is 29.7 Å². The van der Waals surface area contributed by atoms with E-state index in [4.69, 9.17) is 16.3 Å². The van der Waals surface area contributed by atoms with Gasteiger partial charge in [-0.25, -0.2) is 4.98 Å². The molecule has 0 aliphatic heterocycles. The molecule has 1 aromatic heterocycles. The SMILES string of the molecule is CCc1ccc(C(O)c2cccnc2OC)c(Cl)c1. The van der Waals surface area contributed by atoms with Crippen LogP contribution < -0.4 is 4.74 Å². The second-order valence-electron chi connectivity index (χ2n) is 4.21. The highest BCUT2D eigenvalue weighted by molar-refractivity contribution is 6.31. The molecule has 1 aromatic carbocycles. The molecule has 0 fully saturated rings. The first kappa shape index (κ1) is 13.8. The smallest absolute Gasteiger partial charge is 0.219 e. The number of nitrogens with zero attached hydrogens (tertiary/aromatic N) is 1. The maximum absolute atomic E-state index is 10.4. The topological polar surface area (TPSA) is 42.4 Å². The molecule has 0 aliphatic carbocycles. The molecule has 2 rings (SSSR count). The molecule has 0 aliphatic rings. The molecule has 0 amide bonds. The maximum atomic E-state index is 10.4. The average molecular weight is 278 g/mol. The molecule has 19 heavy (non-hydrogen) atoms. The Kier molecular flexibility index (Phi) is 4.40. The van der Waals surface area contributed by atoms with Crippen LogP contribution in [0.2, 0.25) is 5.02 Å². The maximum Gasteiger partial charge on any atom is 0.219 e. The summed E-state index contributed by atoms with van der Waals surface area (Å²) < 4.78 is 5.16. The Morgan fingerprint density at radius 1 is 1.32 bits per heavy atom. The van der Waals surface area contributed by atoms with Gasteiger partial charge >= 0.3 is 0 Å². The van der Waals surface area contributed by atoms with E-state index >= 15 is 0 Å². The van der Waals surface area contributed by atoms with Crippen LogP contribution in [0.5, 0.6) is 5.88 Å². The molecule has 0 saturated carbocycles. The number of aromatic nitrogens is 1. The van der Waals surface area contributed by atoms with Crippen LogP contribution >= 0.6 is 11.6 Å². The summed E-state index contributed by atoms with van der Waals surface area (Å²) in [5.41, 5.74) is 2.40.